The lowest BCUT2D eigenvalue weighted by Gasteiger charge is -2.28. The molecule has 53 heavy (non-hydrogen) atoms. The Kier molecular flexibility index (Phi) is 7.43. The number of para-hydroxylation sites is 1. The van der Waals surface area contributed by atoms with Crippen molar-refractivity contribution in [1.82, 2.24) is 4.98 Å². The molecule has 0 aliphatic rings. The zero-order chi connectivity index (χ0) is 35.1. The van der Waals surface area contributed by atoms with Gasteiger partial charge in [0.2, 0.25) is 5.89 Å². The van der Waals surface area contributed by atoms with Gasteiger partial charge in [0.1, 0.15) is 16.7 Å². The van der Waals surface area contributed by atoms with E-state index in [2.05, 4.69) is 157 Å². The highest BCUT2D eigenvalue weighted by Crippen LogP contribution is 2.43. The van der Waals surface area contributed by atoms with E-state index in [1.807, 2.05) is 42.5 Å². The van der Waals surface area contributed by atoms with E-state index in [0.29, 0.717) is 5.89 Å². The van der Waals surface area contributed by atoms with Crippen molar-refractivity contribution in [2.75, 3.05) is 4.90 Å². The van der Waals surface area contributed by atoms with Crippen molar-refractivity contribution in [3.05, 3.63) is 194 Å². The Hall–Kier alpha value is -7.17. The van der Waals surface area contributed by atoms with Gasteiger partial charge < -0.3 is 13.7 Å². The first kappa shape index (κ1) is 30.6. The molecule has 4 heteroatoms. The predicted octanol–water partition coefficient (Wildman–Crippen LogP) is 13.9. The molecule has 0 bridgehead atoms. The van der Waals surface area contributed by atoms with Crippen molar-refractivity contribution >= 4 is 50.1 Å². The van der Waals surface area contributed by atoms with Crippen LogP contribution in [0.15, 0.2) is 203 Å². The molecule has 2 heterocycles. The van der Waals surface area contributed by atoms with Gasteiger partial charge in [0.25, 0.3) is 0 Å². The molecule has 250 valence electrons. The molecular formula is C49H32N2O2. The molecule has 0 radical (unpaired) electrons. The average molecular weight is 681 g/mol. The number of hydrogen-bond donors (Lipinski definition) is 0. The molecule has 0 saturated heterocycles. The standard InChI is InChI=1S/C49H32N2O2/c1-5-13-33(14-6-1)37-24-28-43(42(31-37)35-15-7-2-8-16-35)51(39-19-11-4-12-20-39)40-25-21-34(22-26-40)38-23-27-41-46(32-38)52-44-29-30-45-48(47(41)44)50-49(53-45)36-17-9-3-10-18-36/h1-32H. The summed E-state index contributed by atoms with van der Waals surface area (Å²) in [6, 6.07) is 67.7. The molecule has 0 aliphatic heterocycles. The third-order valence-electron chi connectivity index (χ3n) is 9.92. The number of rotatable bonds is 7. The van der Waals surface area contributed by atoms with Crippen LogP contribution in [-0.2, 0) is 0 Å². The van der Waals surface area contributed by atoms with Crippen molar-refractivity contribution in [2.24, 2.45) is 0 Å². The largest absolute Gasteiger partial charge is 0.456 e. The Balaban J connectivity index is 1.05. The van der Waals surface area contributed by atoms with Gasteiger partial charge in [-0.3, -0.25) is 0 Å². The van der Waals surface area contributed by atoms with Gasteiger partial charge in [-0.15, -0.1) is 0 Å². The number of anilines is 3. The maximum absolute atomic E-state index is 6.42. The van der Waals surface area contributed by atoms with Crippen LogP contribution in [0.1, 0.15) is 0 Å². The second kappa shape index (κ2) is 12.9. The molecule has 0 amide bonds. The van der Waals surface area contributed by atoms with Crippen LogP contribution in [0.3, 0.4) is 0 Å². The van der Waals surface area contributed by atoms with E-state index in [9.17, 15) is 0 Å². The molecule has 10 aromatic rings. The van der Waals surface area contributed by atoms with Gasteiger partial charge in [-0.2, -0.15) is 0 Å². The smallest absolute Gasteiger partial charge is 0.227 e. The molecule has 0 fully saturated rings. The molecule has 0 saturated carbocycles. The highest BCUT2D eigenvalue weighted by molar-refractivity contribution is 6.17. The highest BCUT2D eigenvalue weighted by atomic mass is 16.4. The highest BCUT2D eigenvalue weighted by Gasteiger charge is 2.20. The lowest BCUT2D eigenvalue weighted by atomic mass is 9.96. The molecule has 0 spiro atoms. The minimum atomic E-state index is 0.603. The number of hydrogen-bond acceptors (Lipinski definition) is 4. The average Bonchev–Trinajstić information content (AvgIpc) is 3.84. The number of furan rings is 1. The summed E-state index contributed by atoms with van der Waals surface area (Å²) in [6.07, 6.45) is 0. The van der Waals surface area contributed by atoms with Gasteiger partial charge in [0.05, 0.1) is 11.1 Å². The van der Waals surface area contributed by atoms with Crippen LogP contribution in [0, 0.1) is 0 Å². The number of aromatic nitrogens is 1. The molecular weight excluding hydrogens is 649 g/mol. The van der Waals surface area contributed by atoms with Crippen molar-refractivity contribution in [2.45, 2.75) is 0 Å². The first-order chi connectivity index (χ1) is 26.3. The second-order valence-corrected chi connectivity index (χ2v) is 13.2. The molecule has 2 aromatic heterocycles. The van der Waals surface area contributed by atoms with Gasteiger partial charge >= 0.3 is 0 Å². The maximum atomic E-state index is 6.42. The summed E-state index contributed by atoms with van der Waals surface area (Å²) in [6.45, 7) is 0. The summed E-state index contributed by atoms with van der Waals surface area (Å²) in [5.74, 6) is 0.603. The first-order valence-electron chi connectivity index (χ1n) is 17.8. The second-order valence-electron chi connectivity index (χ2n) is 13.2. The lowest BCUT2D eigenvalue weighted by molar-refractivity contribution is 0.619. The van der Waals surface area contributed by atoms with E-state index in [4.69, 9.17) is 13.8 Å². The number of benzene rings is 8. The first-order valence-corrected chi connectivity index (χ1v) is 17.8. The van der Waals surface area contributed by atoms with Crippen LogP contribution in [-0.4, -0.2) is 4.98 Å². The third-order valence-corrected chi connectivity index (χ3v) is 9.92. The minimum Gasteiger partial charge on any atom is -0.456 e. The molecule has 0 unspecified atom stereocenters. The summed E-state index contributed by atoms with van der Waals surface area (Å²) in [5, 5.41) is 1.98. The van der Waals surface area contributed by atoms with Crippen LogP contribution < -0.4 is 4.90 Å². The fourth-order valence-electron chi connectivity index (χ4n) is 7.33. The van der Waals surface area contributed by atoms with E-state index in [1.165, 1.54) is 11.1 Å². The van der Waals surface area contributed by atoms with E-state index in [0.717, 1.165) is 77.9 Å². The fraction of sp³-hybridized carbons (Fsp3) is 0. The van der Waals surface area contributed by atoms with Gasteiger partial charge in [-0.1, -0.05) is 121 Å². The monoisotopic (exact) mass is 680 g/mol. The zero-order valence-corrected chi connectivity index (χ0v) is 28.7. The Morgan fingerprint density at radius 3 is 1.64 bits per heavy atom. The van der Waals surface area contributed by atoms with Crippen LogP contribution >= 0.6 is 0 Å². The lowest BCUT2D eigenvalue weighted by Crippen LogP contribution is -2.11. The van der Waals surface area contributed by atoms with Gasteiger partial charge in [-0.25, -0.2) is 4.98 Å². The summed E-state index contributed by atoms with van der Waals surface area (Å²) in [4.78, 5) is 7.25. The Bertz CT molecular complexity index is 2860. The third kappa shape index (κ3) is 5.54. The van der Waals surface area contributed by atoms with Crippen LogP contribution in [0.5, 0.6) is 0 Å². The normalized spacial score (nSPS) is 11.4. The summed E-state index contributed by atoms with van der Waals surface area (Å²) >= 11 is 0. The van der Waals surface area contributed by atoms with Crippen molar-refractivity contribution in [3.63, 3.8) is 0 Å². The quantitative estimate of drug-likeness (QED) is 0.168. The predicted molar refractivity (Wildman–Crippen MR) is 218 cm³/mol. The Morgan fingerprint density at radius 2 is 0.925 bits per heavy atom. The van der Waals surface area contributed by atoms with Crippen LogP contribution in [0.2, 0.25) is 0 Å². The van der Waals surface area contributed by atoms with Gasteiger partial charge in [0.15, 0.2) is 5.58 Å². The zero-order valence-electron chi connectivity index (χ0n) is 28.7. The van der Waals surface area contributed by atoms with Crippen molar-refractivity contribution in [1.29, 1.82) is 0 Å². The topological polar surface area (TPSA) is 42.4 Å². The molecule has 0 aliphatic carbocycles. The van der Waals surface area contributed by atoms with Crippen molar-refractivity contribution < 1.29 is 8.83 Å². The number of nitrogens with zero attached hydrogens (tertiary/aromatic N) is 2. The van der Waals surface area contributed by atoms with E-state index in [1.54, 1.807) is 0 Å². The summed E-state index contributed by atoms with van der Waals surface area (Å²) in [5.41, 5.74) is 14.2. The van der Waals surface area contributed by atoms with Crippen LogP contribution in [0.4, 0.5) is 17.1 Å². The number of oxazole rings is 1. The molecule has 10 rings (SSSR count). The fourth-order valence-corrected chi connectivity index (χ4v) is 7.33. The van der Waals surface area contributed by atoms with E-state index in [-0.39, 0.29) is 0 Å². The SMILES string of the molecule is c1ccc(-c2ccc(N(c3ccccc3)c3ccc(-c4ccc5c(c4)oc4ccc6oc(-c7ccccc7)nc6c45)cc3)c(-c3ccccc3)c2)cc1. The molecule has 4 nitrogen and oxygen atoms in total. The van der Waals surface area contributed by atoms with Gasteiger partial charge in [0, 0.05) is 27.9 Å². The maximum Gasteiger partial charge on any atom is 0.227 e. The summed E-state index contributed by atoms with van der Waals surface area (Å²) in [7, 11) is 0. The van der Waals surface area contributed by atoms with Crippen LogP contribution in [0.25, 0.3) is 77.9 Å². The Morgan fingerprint density at radius 1 is 0.377 bits per heavy atom. The molecule has 0 atom stereocenters. The van der Waals surface area contributed by atoms with E-state index < -0.39 is 0 Å². The van der Waals surface area contributed by atoms with E-state index >= 15 is 0 Å². The minimum absolute atomic E-state index is 0.603. The Labute approximate surface area is 306 Å². The molecule has 0 N–H and O–H groups in total. The van der Waals surface area contributed by atoms with Gasteiger partial charge in [-0.05, 0) is 101 Å². The summed E-state index contributed by atoms with van der Waals surface area (Å²) < 4.78 is 12.6. The van der Waals surface area contributed by atoms with Crippen molar-refractivity contribution in [3.8, 4) is 44.8 Å². The number of fused-ring (bicyclic) bond motifs is 5. The molecule has 8 aromatic carbocycles.